The number of carbonyl (C=O) groups is 1. The molecule has 0 amide bonds. The average molecular weight is 353 g/mol. The number of methoxy groups -OCH3 is 1. The summed E-state index contributed by atoms with van der Waals surface area (Å²) in [6, 6.07) is 9.67. The van der Waals surface area contributed by atoms with Gasteiger partial charge in [-0.05, 0) is 53.2 Å². The van der Waals surface area contributed by atoms with E-state index in [0.29, 0.717) is 21.5 Å². The first-order valence-corrected chi connectivity index (χ1v) is 7.06. The molecule has 2 aromatic carbocycles. The standard InChI is InChI=1S/C16H14BrFO3/c1-10(19)11-3-6-16(20-2)12(7-11)9-21-13-4-5-14(17)15(18)8-13/h3-8H,9H2,1-2H3. The lowest BCUT2D eigenvalue weighted by Gasteiger charge is -2.11. The molecule has 0 saturated carbocycles. The van der Waals surface area contributed by atoms with Crippen molar-refractivity contribution in [3.8, 4) is 11.5 Å². The first kappa shape index (κ1) is 15.5. The summed E-state index contributed by atoms with van der Waals surface area (Å²) in [7, 11) is 1.55. The minimum atomic E-state index is -0.392. The summed E-state index contributed by atoms with van der Waals surface area (Å²) >= 11 is 3.09. The van der Waals surface area contributed by atoms with Crippen LogP contribution in [0.15, 0.2) is 40.9 Å². The predicted molar refractivity (Wildman–Crippen MR) is 81.4 cm³/mol. The molecule has 0 spiro atoms. The zero-order chi connectivity index (χ0) is 15.4. The zero-order valence-corrected chi connectivity index (χ0v) is 13.2. The smallest absolute Gasteiger partial charge is 0.159 e. The number of rotatable bonds is 5. The van der Waals surface area contributed by atoms with E-state index in [4.69, 9.17) is 9.47 Å². The third-order valence-electron chi connectivity index (χ3n) is 2.97. The van der Waals surface area contributed by atoms with Crippen LogP contribution in [-0.4, -0.2) is 12.9 Å². The van der Waals surface area contributed by atoms with Gasteiger partial charge in [0.25, 0.3) is 0 Å². The summed E-state index contributed by atoms with van der Waals surface area (Å²) in [6.07, 6.45) is 0. The van der Waals surface area contributed by atoms with Gasteiger partial charge in [0, 0.05) is 17.2 Å². The first-order valence-electron chi connectivity index (χ1n) is 6.27. The van der Waals surface area contributed by atoms with Gasteiger partial charge in [-0.2, -0.15) is 0 Å². The third-order valence-corrected chi connectivity index (χ3v) is 3.62. The predicted octanol–water partition coefficient (Wildman–Crippen LogP) is 4.38. The molecule has 0 fully saturated rings. The van der Waals surface area contributed by atoms with E-state index in [1.807, 2.05) is 0 Å². The van der Waals surface area contributed by atoms with Crippen LogP contribution in [0.1, 0.15) is 22.8 Å². The van der Waals surface area contributed by atoms with E-state index >= 15 is 0 Å². The minimum absolute atomic E-state index is 0.0337. The van der Waals surface area contributed by atoms with Crippen molar-refractivity contribution in [1.29, 1.82) is 0 Å². The molecule has 0 atom stereocenters. The minimum Gasteiger partial charge on any atom is -0.496 e. The third kappa shape index (κ3) is 3.82. The van der Waals surface area contributed by atoms with Crippen LogP contribution in [-0.2, 0) is 6.61 Å². The van der Waals surface area contributed by atoms with Gasteiger partial charge in [-0.25, -0.2) is 4.39 Å². The summed E-state index contributed by atoms with van der Waals surface area (Å²) in [5, 5.41) is 0. The van der Waals surface area contributed by atoms with E-state index in [2.05, 4.69) is 15.9 Å². The molecule has 0 heterocycles. The summed E-state index contributed by atoms with van der Waals surface area (Å²) in [6.45, 7) is 1.68. The molecule has 0 bridgehead atoms. The molecule has 110 valence electrons. The molecular formula is C16H14BrFO3. The van der Waals surface area contributed by atoms with Crippen LogP contribution >= 0.6 is 15.9 Å². The molecule has 5 heteroatoms. The Morgan fingerprint density at radius 1 is 1.24 bits per heavy atom. The van der Waals surface area contributed by atoms with Gasteiger partial charge in [0.2, 0.25) is 0 Å². The molecule has 0 aliphatic rings. The summed E-state index contributed by atoms with van der Waals surface area (Å²) < 4.78 is 24.6. The van der Waals surface area contributed by atoms with E-state index in [1.165, 1.54) is 13.0 Å². The number of hydrogen-bond acceptors (Lipinski definition) is 3. The van der Waals surface area contributed by atoms with Crippen LogP contribution in [0.5, 0.6) is 11.5 Å². The molecule has 0 aliphatic heterocycles. The maximum absolute atomic E-state index is 13.4. The summed E-state index contributed by atoms with van der Waals surface area (Å²) in [5.41, 5.74) is 1.31. The maximum Gasteiger partial charge on any atom is 0.159 e. The highest BCUT2D eigenvalue weighted by Gasteiger charge is 2.09. The van der Waals surface area contributed by atoms with Crippen molar-refractivity contribution in [3.63, 3.8) is 0 Å². The van der Waals surface area contributed by atoms with Gasteiger partial charge in [0.1, 0.15) is 23.9 Å². The van der Waals surface area contributed by atoms with Gasteiger partial charge in [-0.3, -0.25) is 4.79 Å². The Balaban J connectivity index is 2.19. The number of halogens is 2. The lowest BCUT2D eigenvalue weighted by molar-refractivity contribution is 0.101. The fourth-order valence-electron chi connectivity index (χ4n) is 1.84. The largest absolute Gasteiger partial charge is 0.496 e. The highest BCUT2D eigenvalue weighted by Crippen LogP contribution is 2.25. The molecular weight excluding hydrogens is 339 g/mol. The average Bonchev–Trinajstić information content (AvgIpc) is 2.48. The fourth-order valence-corrected chi connectivity index (χ4v) is 2.08. The van der Waals surface area contributed by atoms with E-state index in [-0.39, 0.29) is 12.4 Å². The molecule has 21 heavy (non-hydrogen) atoms. The molecule has 2 aromatic rings. The second-order valence-electron chi connectivity index (χ2n) is 4.45. The quantitative estimate of drug-likeness (QED) is 0.749. The van der Waals surface area contributed by atoms with Crippen LogP contribution in [0, 0.1) is 5.82 Å². The van der Waals surface area contributed by atoms with Crippen molar-refractivity contribution in [3.05, 3.63) is 57.8 Å². The molecule has 0 radical (unpaired) electrons. The van der Waals surface area contributed by atoms with E-state index in [9.17, 15) is 9.18 Å². The first-order chi connectivity index (χ1) is 10.0. The van der Waals surface area contributed by atoms with Crippen molar-refractivity contribution in [1.82, 2.24) is 0 Å². The van der Waals surface area contributed by atoms with Gasteiger partial charge in [-0.1, -0.05) is 0 Å². The Labute approximate surface area is 130 Å². The number of carbonyl (C=O) groups excluding carboxylic acids is 1. The number of ether oxygens (including phenoxy) is 2. The topological polar surface area (TPSA) is 35.5 Å². The van der Waals surface area contributed by atoms with Crippen molar-refractivity contribution in [2.45, 2.75) is 13.5 Å². The zero-order valence-electron chi connectivity index (χ0n) is 11.7. The lowest BCUT2D eigenvalue weighted by atomic mass is 10.1. The molecule has 0 aliphatic carbocycles. The van der Waals surface area contributed by atoms with Gasteiger partial charge in [0.15, 0.2) is 5.78 Å². The molecule has 3 nitrogen and oxygen atoms in total. The van der Waals surface area contributed by atoms with E-state index < -0.39 is 5.82 Å². The Hall–Kier alpha value is -1.88. The molecule has 0 saturated heterocycles. The molecule has 0 aromatic heterocycles. The van der Waals surface area contributed by atoms with Crippen LogP contribution in [0.25, 0.3) is 0 Å². The van der Waals surface area contributed by atoms with E-state index in [0.717, 1.165) is 5.56 Å². The normalized spacial score (nSPS) is 10.3. The monoisotopic (exact) mass is 352 g/mol. The Kier molecular flexibility index (Phi) is 4.96. The van der Waals surface area contributed by atoms with Crippen molar-refractivity contribution in [2.75, 3.05) is 7.11 Å². The number of ketones is 1. The maximum atomic E-state index is 13.4. The number of benzene rings is 2. The van der Waals surface area contributed by atoms with Gasteiger partial charge < -0.3 is 9.47 Å². The second kappa shape index (κ2) is 6.72. The molecule has 2 rings (SSSR count). The van der Waals surface area contributed by atoms with Crippen molar-refractivity contribution >= 4 is 21.7 Å². The Bertz CT molecular complexity index is 671. The van der Waals surface area contributed by atoms with Crippen molar-refractivity contribution in [2.24, 2.45) is 0 Å². The molecule has 0 N–H and O–H groups in total. The number of hydrogen-bond donors (Lipinski definition) is 0. The second-order valence-corrected chi connectivity index (χ2v) is 5.30. The van der Waals surface area contributed by atoms with Crippen molar-refractivity contribution < 1.29 is 18.7 Å². The lowest BCUT2D eigenvalue weighted by Crippen LogP contribution is -2.02. The molecule has 0 unspecified atom stereocenters. The van der Waals surface area contributed by atoms with Gasteiger partial charge in [-0.15, -0.1) is 0 Å². The Morgan fingerprint density at radius 2 is 2.00 bits per heavy atom. The fraction of sp³-hybridized carbons (Fsp3) is 0.188. The highest BCUT2D eigenvalue weighted by atomic mass is 79.9. The van der Waals surface area contributed by atoms with Crippen LogP contribution in [0.2, 0.25) is 0 Å². The highest BCUT2D eigenvalue weighted by molar-refractivity contribution is 9.10. The van der Waals surface area contributed by atoms with Crippen LogP contribution < -0.4 is 9.47 Å². The SMILES string of the molecule is COc1ccc(C(C)=O)cc1COc1ccc(Br)c(F)c1. The Morgan fingerprint density at radius 3 is 2.62 bits per heavy atom. The van der Waals surface area contributed by atoms with Gasteiger partial charge in [0.05, 0.1) is 11.6 Å². The summed E-state index contributed by atoms with van der Waals surface area (Å²) in [4.78, 5) is 11.4. The van der Waals surface area contributed by atoms with E-state index in [1.54, 1.807) is 37.4 Å². The summed E-state index contributed by atoms with van der Waals surface area (Å²) in [5.74, 6) is 0.606. The van der Waals surface area contributed by atoms with Crippen LogP contribution in [0.4, 0.5) is 4.39 Å². The van der Waals surface area contributed by atoms with Crippen LogP contribution in [0.3, 0.4) is 0 Å². The van der Waals surface area contributed by atoms with Gasteiger partial charge >= 0.3 is 0 Å². The number of Topliss-reactive ketones (excluding diaryl/α,β-unsaturated/α-hetero) is 1.